The molecule has 0 radical (unpaired) electrons. The summed E-state index contributed by atoms with van der Waals surface area (Å²) in [5, 5.41) is 2.08. The highest BCUT2D eigenvalue weighted by molar-refractivity contribution is 6.00. The Morgan fingerprint density at radius 1 is 0.931 bits per heavy atom. The molecule has 1 fully saturated rings. The molecule has 0 saturated carbocycles. The summed E-state index contributed by atoms with van der Waals surface area (Å²) in [5.41, 5.74) is 0.695. The van der Waals surface area contributed by atoms with E-state index in [0.29, 0.717) is 36.1 Å². The maximum Gasteiger partial charge on any atom is 0.316 e. The normalized spacial score (nSPS) is 18.1. The van der Waals surface area contributed by atoms with Crippen LogP contribution in [-0.4, -0.2) is 31.6 Å². The average Bonchev–Trinajstić information content (AvgIpc) is 3.15. The minimum atomic E-state index is -0.512. The molecular formula is C23H19NO5. The molecule has 3 aromatic rings. The topological polar surface area (TPSA) is 65.1 Å². The summed E-state index contributed by atoms with van der Waals surface area (Å²) >= 11 is 0. The van der Waals surface area contributed by atoms with Crippen molar-refractivity contribution in [1.29, 1.82) is 0 Å². The molecule has 0 unspecified atom stereocenters. The van der Waals surface area contributed by atoms with E-state index in [1.165, 1.54) is 0 Å². The predicted molar refractivity (Wildman–Crippen MR) is 107 cm³/mol. The number of fused-ring (bicyclic) bond motifs is 2. The van der Waals surface area contributed by atoms with E-state index in [-0.39, 0.29) is 18.9 Å². The maximum absolute atomic E-state index is 12.7. The van der Waals surface area contributed by atoms with E-state index in [9.17, 15) is 9.59 Å². The molecule has 0 bridgehead atoms. The van der Waals surface area contributed by atoms with Gasteiger partial charge in [-0.3, -0.25) is 9.59 Å². The Balaban J connectivity index is 1.31. The Morgan fingerprint density at radius 3 is 2.59 bits per heavy atom. The molecule has 2 heterocycles. The molecule has 0 spiro atoms. The summed E-state index contributed by atoms with van der Waals surface area (Å²) < 4.78 is 16.7. The van der Waals surface area contributed by atoms with Gasteiger partial charge < -0.3 is 19.1 Å². The van der Waals surface area contributed by atoms with E-state index < -0.39 is 11.9 Å². The molecule has 0 aliphatic carbocycles. The van der Waals surface area contributed by atoms with Crippen LogP contribution in [0.15, 0.2) is 60.7 Å². The van der Waals surface area contributed by atoms with Gasteiger partial charge in [0.15, 0.2) is 11.5 Å². The van der Waals surface area contributed by atoms with Crippen molar-refractivity contribution in [2.75, 3.05) is 24.7 Å². The summed E-state index contributed by atoms with van der Waals surface area (Å²) in [6.45, 7) is 1.27. The van der Waals surface area contributed by atoms with Crippen molar-refractivity contribution in [1.82, 2.24) is 0 Å². The number of carbonyl (C=O) groups is 2. The van der Waals surface area contributed by atoms with E-state index in [1.807, 2.05) is 42.5 Å². The molecule has 0 aromatic heterocycles. The molecular weight excluding hydrogens is 370 g/mol. The minimum Gasteiger partial charge on any atom is -0.486 e. The van der Waals surface area contributed by atoms with Crippen LogP contribution in [0.2, 0.25) is 0 Å². The van der Waals surface area contributed by atoms with Crippen LogP contribution in [0.3, 0.4) is 0 Å². The fraction of sp³-hybridized carbons (Fsp3) is 0.217. The van der Waals surface area contributed by atoms with Crippen LogP contribution in [0.25, 0.3) is 10.8 Å². The zero-order chi connectivity index (χ0) is 19.8. The van der Waals surface area contributed by atoms with E-state index >= 15 is 0 Å². The highest BCUT2D eigenvalue weighted by atomic mass is 16.6. The van der Waals surface area contributed by atoms with Crippen LogP contribution in [0.1, 0.15) is 6.42 Å². The SMILES string of the molecule is O=C(Oc1ccc2ccccc2c1)[C@@H]1CC(=O)N(c2ccc3c(c2)OCCO3)C1. The molecule has 29 heavy (non-hydrogen) atoms. The van der Waals surface area contributed by atoms with Gasteiger partial charge in [0.05, 0.1) is 5.92 Å². The number of esters is 1. The first-order chi connectivity index (χ1) is 14.2. The van der Waals surface area contributed by atoms with E-state index in [2.05, 4.69) is 0 Å². The predicted octanol–water partition coefficient (Wildman–Crippen LogP) is 3.57. The first-order valence-corrected chi connectivity index (χ1v) is 9.58. The van der Waals surface area contributed by atoms with Gasteiger partial charge in [-0.1, -0.05) is 30.3 Å². The largest absolute Gasteiger partial charge is 0.486 e. The molecule has 6 nitrogen and oxygen atoms in total. The highest BCUT2D eigenvalue weighted by Gasteiger charge is 2.37. The van der Waals surface area contributed by atoms with Gasteiger partial charge in [-0.05, 0) is 35.0 Å². The van der Waals surface area contributed by atoms with Crippen molar-refractivity contribution < 1.29 is 23.8 Å². The second-order valence-electron chi connectivity index (χ2n) is 7.16. The third-order valence-electron chi connectivity index (χ3n) is 5.24. The van der Waals surface area contributed by atoms with Crippen molar-refractivity contribution in [3.63, 3.8) is 0 Å². The number of ether oxygens (including phenoxy) is 3. The molecule has 146 valence electrons. The second-order valence-corrected chi connectivity index (χ2v) is 7.16. The van der Waals surface area contributed by atoms with Crippen LogP contribution in [0.5, 0.6) is 17.2 Å². The van der Waals surface area contributed by atoms with Gasteiger partial charge in [-0.25, -0.2) is 0 Å². The monoisotopic (exact) mass is 389 g/mol. The van der Waals surface area contributed by atoms with Crippen LogP contribution in [0.4, 0.5) is 5.69 Å². The molecule has 2 aliphatic rings. The van der Waals surface area contributed by atoms with Gasteiger partial charge in [0, 0.05) is 24.7 Å². The summed E-state index contributed by atoms with van der Waals surface area (Å²) in [7, 11) is 0. The van der Waals surface area contributed by atoms with Crippen molar-refractivity contribution >= 4 is 28.3 Å². The summed E-state index contributed by atoms with van der Waals surface area (Å²) in [5.74, 6) is 0.750. The first-order valence-electron chi connectivity index (χ1n) is 9.58. The second kappa shape index (κ2) is 7.13. The number of nitrogens with zero attached hydrogens (tertiary/aromatic N) is 1. The van der Waals surface area contributed by atoms with E-state index in [4.69, 9.17) is 14.2 Å². The fourth-order valence-electron chi connectivity index (χ4n) is 3.75. The Hall–Kier alpha value is -3.54. The standard InChI is InChI=1S/C23H19NO5/c25-22-12-17(14-24(22)18-6-8-20-21(13-18)28-10-9-27-20)23(26)29-19-7-5-15-3-1-2-4-16(15)11-19/h1-8,11,13,17H,9-10,12,14H2/t17-/m1/s1. The van der Waals surface area contributed by atoms with Crippen LogP contribution in [-0.2, 0) is 9.59 Å². The lowest BCUT2D eigenvalue weighted by Gasteiger charge is -2.22. The Labute approximate surface area is 167 Å². The van der Waals surface area contributed by atoms with Crippen LogP contribution in [0, 0.1) is 5.92 Å². The number of rotatable bonds is 3. The van der Waals surface area contributed by atoms with E-state index in [1.54, 1.807) is 23.1 Å². The number of carbonyl (C=O) groups excluding carboxylic acids is 2. The number of amides is 1. The summed E-state index contributed by atoms with van der Waals surface area (Å²) in [6, 6.07) is 18.8. The molecule has 3 aromatic carbocycles. The quantitative estimate of drug-likeness (QED) is 0.506. The average molecular weight is 389 g/mol. The third kappa shape index (κ3) is 3.38. The molecule has 1 atom stereocenters. The zero-order valence-corrected chi connectivity index (χ0v) is 15.7. The van der Waals surface area contributed by atoms with Gasteiger partial charge in [-0.2, -0.15) is 0 Å². The number of anilines is 1. The highest BCUT2D eigenvalue weighted by Crippen LogP contribution is 2.36. The van der Waals surface area contributed by atoms with Gasteiger partial charge in [0.1, 0.15) is 19.0 Å². The van der Waals surface area contributed by atoms with Crippen LogP contribution >= 0.6 is 0 Å². The summed E-state index contributed by atoms with van der Waals surface area (Å²) in [6.07, 6.45) is 0.126. The fourth-order valence-corrected chi connectivity index (χ4v) is 3.75. The molecule has 0 N–H and O–H groups in total. The number of hydrogen-bond acceptors (Lipinski definition) is 5. The first kappa shape index (κ1) is 17.6. The van der Waals surface area contributed by atoms with Gasteiger partial charge in [0.25, 0.3) is 0 Å². The van der Waals surface area contributed by atoms with Gasteiger partial charge in [0.2, 0.25) is 5.91 Å². The van der Waals surface area contributed by atoms with Crippen molar-refractivity contribution in [3.05, 3.63) is 60.7 Å². The van der Waals surface area contributed by atoms with Crippen molar-refractivity contribution in [3.8, 4) is 17.2 Å². The van der Waals surface area contributed by atoms with Crippen LogP contribution < -0.4 is 19.1 Å². The maximum atomic E-state index is 12.7. The van der Waals surface area contributed by atoms with Gasteiger partial charge >= 0.3 is 5.97 Å². The smallest absolute Gasteiger partial charge is 0.316 e. The minimum absolute atomic E-state index is 0.109. The Kier molecular flexibility index (Phi) is 4.31. The Morgan fingerprint density at radius 2 is 1.72 bits per heavy atom. The van der Waals surface area contributed by atoms with Gasteiger partial charge in [-0.15, -0.1) is 0 Å². The van der Waals surface area contributed by atoms with Crippen molar-refractivity contribution in [2.45, 2.75) is 6.42 Å². The third-order valence-corrected chi connectivity index (χ3v) is 5.24. The Bertz CT molecular complexity index is 1110. The summed E-state index contributed by atoms with van der Waals surface area (Å²) in [4.78, 5) is 26.8. The molecule has 1 amide bonds. The lowest BCUT2D eigenvalue weighted by atomic mass is 10.1. The number of hydrogen-bond donors (Lipinski definition) is 0. The lowest BCUT2D eigenvalue weighted by molar-refractivity contribution is -0.139. The number of benzene rings is 3. The molecule has 2 aliphatic heterocycles. The molecule has 6 heteroatoms. The van der Waals surface area contributed by atoms with E-state index in [0.717, 1.165) is 10.8 Å². The molecule has 1 saturated heterocycles. The van der Waals surface area contributed by atoms with Crippen molar-refractivity contribution in [2.24, 2.45) is 5.92 Å². The molecule has 5 rings (SSSR count). The zero-order valence-electron chi connectivity index (χ0n) is 15.7. The lowest BCUT2D eigenvalue weighted by Crippen LogP contribution is -2.27.